The minimum Gasteiger partial charge on any atom is -0.463 e. The van der Waals surface area contributed by atoms with Crippen LogP contribution in [0.5, 0.6) is 5.75 Å². The highest BCUT2D eigenvalue weighted by atomic mass is 16.7. The summed E-state index contributed by atoms with van der Waals surface area (Å²) < 4.78 is 16.1. The van der Waals surface area contributed by atoms with Crippen LogP contribution in [0.2, 0.25) is 0 Å². The normalized spacial score (nSPS) is 30.2. The van der Waals surface area contributed by atoms with Gasteiger partial charge in [-0.1, -0.05) is 31.5 Å². The van der Waals surface area contributed by atoms with E-state index in [4.69, 9.17) is 14.2 Å². The summed E-state index contributed by atoms with van der Waals surface area (Å²) in [7, 11) is 0. The van der Waals surface area contributed by atoms with E-state index < -0.39 is 36.7 Å². The van der Waals surface area contributed by atoms with Gasteiger partial charge in [0.1, 0.15) is 36.8 Å². The number of hydrogen-bond donors (Lipinski definition) is 3. The van der Waals surface area contributed by atoms with Gasteiger partial charge in [-0.05, 0) is 19.1 Å². The molecule has 1 aromatic carbocycles. The largest absolute Gasteiger partial charge is 0.463 e. The number of aliphatic hydroxyl groups excluding tert-OH is 3. The highest BCUT2D eigenvalue weighted by molar-refractivity contribution is 5.71. The number of rotatable bonds is 5. The fourth-order valence-corrected chi connectivity index (χ4v) is 2.23. The Morgan fingerprint density at radius 3 is 2.33 bits per heavy atom. The molecule has 0 aromatic heterocycles. The van der Waals surface area contributed by atoms with E-state index >= 15 is 0 Å². The molecule has 24 heavy (non-hydrogen) atoms. The molecule has 1 aromatic rings. The Kier molecular flexibility index (Phi) is 6.17. The predicted molar refractivity (Wildman–Crippen MR) is 84.3 cm³/mol. The van der Waals surface area contributed by atoms with Gasteiger partial charge in [0.25, 0.3) is 0 Å². The summed E-state index contributed by atoms with van der Waals surface area (Å²) in [5, 5.41) is 30.0. The van der Waals surface area contributed by atoms with Crippen LogP contribution >= 0.6 is 0 Å². The van der Waals surface area contributed by atoms with Crippen LogP contribution in [0.25, 0.3) is 0 Å². The lowest BCUT2D eigenvalue weighted by atomic mass is 9.99. The van der Waals surface area contributed by atoms with Crippen LogP contribution in [0.3, 0.4) is 0 Å². The van der Waals surface area contributed by atoms with Gasteiger partial charge in [0, 0.05) is 0 Å². The fraction of sp³-hybridized carbons (Fsp3) is 0.588. The maximum absolute atomic E-state index is 11.5. The number of benzene rings is 1. The van der Waals surface area contributed by atoms with Crippen LogP contribution in [0.15, 0.2) is 24.3 Å². The van der Waals surface area contributed by atoms with Crippen LogP contribution in [0.4, 0.5) is 0 Å². The van der Waals surface area contributed by atoms with E-state index in [-0.39, 0.29) is 12.5 Å². The first-order chi connectivity index (χ1) is 11.3. The van der Waals surface area contributed by atoms with E-state index in [9.17, 15) is 20.1 Å². The van der Waals surface area contributed by atoms with Crippen molar-refractivity contribution in [1.82, 2.24) is 0 Å². The van der Waals surface area contributed by atoms with E-state index in [0.717, 1.165) is 5.56 Å². The average Bonchev–Trinajstić information content (AvgIpc) is 2.55. The number of hydrogen-bond acceptors (Lipinski definition) is 7. The molecule has 7 nitrogen and oxygen atoms in total. The lowest BCUT2D eigenvalue weighted by molar-refractivity contribution is -0.278. The summed E-state index contributed by atoms with van der Waals surface area (Å²) in [5.41, 5.74) is 1.04. The number of ether oxygens (including phenoxy) is 3. The Labute approximate surface area is 140 Å². The SMILES string of the molecule is Cc1ccc(O[C@H]2O[C@H](COC(=O)C(C)C)C(O)[C@H](O)[C@@H]2O)cc1. The van der Waals surface area contributed by atoms with Crippen LogP contribution in [-0.2, 0) is 14.3 Å². The smallest absolute Gasteiger partial charge is 0.308 e. The first kappa shape index (κ1) is 18.7. The highest BCUT2D eigenvalue weighted by Crippen LogP contribution is 2.25. The zero-order valence-corrected chi connectivity index (χ0v) is 14.0. The fourth-order valence-electron chi connectivity index (χ4n) is 2.23. The highest BCUT2D eigenvalue weighted by Gasteiger charge is 2.45. The maximum Gasteiger partial charge on any atom is 0.308 e. The van der Waals surface area contributed by atoms with E-state index in [2.05, 4.69) is 0 Å². The molecule has 134 valence electrons. The predicted octanol–water partition coefficient (Wildman–Crippen LogP) is 0.381. The summed E-state index contributed by atoms with van der Waals surface area (Å²) in [6.07, 6.45) is -6.48. The Morgan fingerprint density at radius 1 is 1.12 bits per heavy atom. The van der Waals surface area contributed by atoms with Gasteiger partial charge < -0.3 is 29.5 Å². The molecule has 0 radical (unpaired) electrons. The molecule has 0 aliphatic carbocycles. The van der Waals surface area contributed by atoms with Crippen LogP contribution < -0.4 is 4.74 Å². The molecule has 1 saturated heterocycles. The van der Waals surface area contributed by atoms with E-state index in [1.165, 1.54) is 0 Å². The maximum atomic E-state index is 11.5. The standard InChI is InChI=1S/C17H24O7/c1-9(2)16(21)22-8-12-13(18)14(19)15(20)17(24-12)23-11-6-4-10(3)5-7-11/h4-7,9,12-15,17-20H,8H2,1-3H3/t12-,13?,14+,15+,17+/m1/s1. The van der Waals surface area contributed by atoms with Crippen molar-refractivity contribution in [2.24, 2.45) is 5.92 Å². The van der Waals surface area contributed by atoms with Crippen molar-refractivity contribution in [2.75, 3.05) is 6.61 Å². The van der Waals surface area contributed by atoms with Gasteiger partial charge in [-0.25, -0.2) is 0 Å². The average molecular weight is 340 g/mol. The molecule has 2 rings (SSSR count). The van der Waals surface area contributed by atoms with Gasteiger partial charge >= 0.3 is 5.97 Å². The quantitative estimate of drug-likeness (QED) is 0.666. The van der Waals surface area contributed by atoms with Crippen LogP contribution in [0.1, 0.15) is 19.4 Å². The van der Waals surface area contributed by atoms with E-state index in [1.807, 2.05) is 19.1 Å². The lowest BCUT2D eigenvalue weighted by Gasteiger charge is -2.40. The molecular weight excluding hydrogens is 316 g/mol. The molecule has 1 aliphatic rings. The lowest BCUT2D eigenvalue weighted by Crippen LogP contribution is -2.60. The zero-order valence-electron chi connectivity index (χ0n) is 14.0. The summed E-state index contributed by atoms with van der Waals surface area (Å²) in [6, 6.07) is 7.07. The second kappa shape index (κ2) is 7.94. The Morgan fingerprint density at radius 2 is 1.75 bits per heavy atom. The molecule has 1 fully saturated rings. The van der Waals surface area contributed by atoms with Crippen molar-refractivity contribution < 1.29 is 34.3 Å². The first-order valence-corrected chi connectivity index (χ1v) is 7.89. The second-order valence-corrected chi connectivity index (χ2v) is 6.23. The Balaban J connectivity index is 2.02. The third-order valence-corrected chi connectivity index (χ3v) is 3.80. The third-order valence-electron chi connectivity index (χ3n) is 3.80. The van der Waals surface area contributed by atoms with Crippen LogP contribution in [0, 0.1) is 12.8 Å². The number of esters is 1. The molecule has 3 N–H and O–H groups in total. The summed E-state index contributed by atoms with van der Waals surface area (Å²) >= 11 is 0. The number of aryl methyl sites for hydroxylation is 1. The minimum absolute atomic E-state index is 0.240. The number of aliphatic hydroxyl groups is 3. The molecule has 0 bridgehead atoms. The van der Waals surface area contributed by atoms with Gasteiger partial charge in [0.15, 0.2) is 0 Å². The minimum atomic E-state index is -1.48. The molecule has 0 saturated carbocycles. The van der Waals surface area contributed by atoms with Crippen molar-refractivity contribution in [1.29, 1.82) is 0 Å². The Bertz CT molecular complexity index is 542. The van der Waals surface area contributed by atoms with Crippen molar-refractivity contribution in [3.63, 3.8) is 0 Å². The first-order valence-electron chi connectivity index (χ1n) is 7.89. The summed E-state index contributed by atoms with van der Waals surface area (Å²) in [6.45, 7) is 5.05. The van der Waals surface area contributed by atoms with Gasteiger partial charge in [0.2, 0.25) is 6.29 Å². The van der Waals surface area contributed by atoms with Crippen LogP contribution in [-0.4, -0.2) is 58.6 Å². The monoisotopic (exact) mass is 340 g/mol. The molecule has 1 aliphatic heterocycles. The third kappa shape index (κ3) is 4.45. The molecule has 1 unspecified atom stereocenters. The van der Waals surface area contributed by atoms with E-state index in [1.54, 1.807) is 26.0 Å². The van der Waals surface area contributed by atoms with Gasteiger partial charge in [-0.3, -0.25) is 4.79 Å². The van der Waals surface area contributed by atoms with Crippen molar-refractivity contribution >= 4 is 5.97 Å². The second-order valence-electron chi connectivity index (χ2n) is 6.23. The van der Waals surface area contributed by atoms with Crippen molar-refractivity contribution in [3.05, 3.63) is 29.8 Å². The molecule has 5 atom stereocenters. The summed E-state index contributed by atoms with van der Waals surface area (Å²) in [5.74, 6) is -0.311. The topological polar surface area (TPSA) is 105 Å². The van der Waals surface area contributed by atoms with Crippen molar-refractivity contribution in [2.45, 2.75) is 51.5 Å². The van der Waals surface area contributed by atoms with Gasteiger partial charge in [0.05, 0.1) is 5.92 Å². The summed E-state index contributed by atoms with van der Waals surface area (Å²) in [4.78, 5) is 11.5. The molecule has 0 amide bonds. The van der Waals surface area contributed by atoms with Gasteiger partial charge in [-0.15, -0.1) is 0 Å². The van der Waals surface area contributed by atoms with Gasteiger partial charge in [-0.2, -0.15) is 0 Å². The van der Waals surface area contributed by atoms with Crippen molar-refractivity contribution in [3.8, 4) is 5.75 Å². The molecular formula is C17H24O7. The molecule has 1 heterocycles. The number of carbonyl (C=O) groups excluding carboxylic acids is 1. The zero-order chi connectivity index (χ0) is 17.9. The number of carbonyl (C=O) groups is 1. The Hall–Kier alpha value is -1.67. The molecule has 7 heteroatoms. The molecule has 0 spiro atoms. The van der Waals surface area contributed by atoms with E-state index in [0.29, 0.717) is 5.75 Å².